The molecule has 250 valence electrons. The molecule has 3 amide bonds. The molecule has 3 aromatic rings. The maximum atomic E-state index is 13.3. The summed E-state index contributed by atoms with van der Waals surface area (Å²) in [5.41, 5.74) is 5.11. The molecule has 5 rings (SSSR count). The van der Waals surface area contributed by atoms with Gasteiger partial charge in [0.1, 0.15) is 0 Å². The number of alkyl halides is 3. The van der Waals surface area contributed by atoms with Gasteiger partial charge in [0, 0.05) is 49.9 Å². The van der Waals surface area contributed by atoms with Crippen LogP contribution < -0.4 is 15.5 Å². The lowest BCUT2D eigenvalue weighted by Crippen LogP contribution is -2.50. The number of carboxylic acids is 1. The summed E-state index contributed by atoms with van der Waals surface area (Å²) in [6.07, 6.45) is -2.67. The van der Waals surface area contributed by atoms with E-state index in [1.807, 2.05) is 43.9 Å². The molecule has 2 heterocycles. The Labute approximate surface area is 272 Å². The molecule has 0 bridgehead atoms. The SMILES string of the molecule is Cc1c(C(=O)O)cccc1-c1ccc(CNC(=O)C2CCN(c3ccc(C(F)(F)F)cc3)CC2)c2c1CCN(C(=O)NC(C)(C)C)C2. The van der Waals surface area contributed by atoms with Gasteiger partial charge in [-0.05, 0) is 111 Å². The smallest absolute Gasteiger partial charge is 0.416 e. The van der Waals surface area contributed by atoms with Gasteiger partial charge in [-0.15, -0.1) is 0 Å². The maximum Gasteiger partial charge on any atom is 0.416 e. The number of hydrogen-bond acceptors (Lipinski definition) is 4. The lowest BCUT2D eigenvalue weighted by Gasteiger charge is -2.35. The minimum absolute atomic E-state index is 0.0851. The van der Waals surface area contributed by atoms with Gasteiger partial charge in [0.15, 0.2) is 0 Å². The third-order valence-electron chi connectivity index (χ3n) is 9.01. The zero-order chi connectivity index (χ0) is 34.1. The average Bonchev–Trinajstić information content (AvgIpc) is 3.02. The number of halogens is 3. The Morgan fingerprint density at radius 1 is 0.894 bits per heavy atom. The van der Waals surface area contributed by atoms with Crippen molar-refractivity contribution in [3.05, 3.63) is 88.0 Å². The van der Waals surface area contributed by atoms with E-state index in [2.05, 4.69) is 10.6 Å². The van der Waals surface area contributed by atoms with Crippen LogP contribution in [0.5, 0.6) is 0 Å². The van der Waals surface area contributed by atoms with E-state index in [9.17, 15) is 32.7 Å². The Bertz CT molecular complexity index is 1660. The van der Waals surface area contributed by atoms with E-state index in [1.165, 1.54) is 12.1 Å². The Hall–Kier alpha value is -4.54. The number of nitrogens with one attached hydrogen (secondary N) is 2. The largest absolute Gasteiger partial charge is 0.478 e. The summed E-state index contributed by atoms with van der Waals surface area (Å²) in [6.45, 7) is 9.79. The highest BCUT2D eigenvalue weighted by atomic mass is 19.4. The van der Waals surface area contributed by atoms with Crippen LogP contribution in [0.4, 0.5) is 23.7 Å². The topological polar surface area (TPSA) is 102 Å². The minimum atomic E-state index is -4.38. The van der Waals surface area contributed by atoms with Crippen LogP contribution in [0.3, 0.4) is 0 Å². The summed E-state index contributed by atoms with van der Waals surface area (Å²) in [5.74, 6) is -1.31. The van der Waals surface area contributed by atoms with Crippen LogP contribution in [0, 0.1) is 12.8 Å². The maximum absolute atomic E-state index is 13.3. The molecule has 0 aliphatic carbocycles. The fourth-order valence-electron chi connectivity index (χ4n) is 6.48. The van der Waals surface area contributed by atoms with Gasteiger partial charge in [-0.3, -0.25) is 4.79 Å². The number of nitrogens with zero attached hydrogens (tertiary/aromatic N) is 2. The molecule has 1 saturated heterocycles. The molecule has 3 aromatic carbocycles. The molecule has 0 saturated carbocycles. The van der Waals surface area contributed by atoms with Gasteiger partial charge in [0.05, 0.1) is 11.1 Å². The van der Waals surface area contributed by atoms with Gasteiger partial charge >= 0.3 is 18.2 Å². The van der Waals surface area contributed by atoms with Crippen LogP contribution >= 0.6 is 0 Å². The van der Waals surface area contributed by atoms with Gasteiger partial charge in [-0.2, -0.15) is 13.2 Å². The first-order valence-corrected chi connectivity index (χ1v) is 15.9. The Kier molecular flexibility index (Phi) is 9.56. The number of carboxylic acid groups (broad SMARTS) is 1. The lowest BCUT2D eigenvalue weighted by molar-refractivity contribution is -0.137. The summed E-state index contributed by atoms with van der Waals surface area (Å²) in [6, 6.07) is 14.1. The Morgan fingerprint density at radius 3 is 2.19 bits per heavy atom. The Balaban J connectivity index is 1.32. The van der Waals surface area contributed by atoms with E-state index in [0.29, 0.717) is 56.7 Å². The summed E-state index contributed by atoms with van der Waals surface area (Å²) in [4.78, 5) is 42.1. The highest BCUT2D eigenvalue weighted by molar-refractivity contribution is 5.92. The number of benzene rings is 3. The van der Waals surface area contributed by atoms with Crippen LogP contribution in [0.2, 0.25) is 0 Å². The number of amides is 3. The van der Waals surface area contributed by atoms with Crippen LogP contribution in [0.1, 0.15) is 71.8 Å². The molecule has 3 N–H and O–H groups in total. The lowest BCUT2D eigenvalue weighted by atomic mass is 9.85. The number of fused-ring (bicyclic) bond motifs is 1. The number of hydrogen-bond donors (Lipinski definition) is 3. The molecule has 47 heavy (non-hydrogen) atoms. The number of rotatable bonds is 6. The number of aromatic carboxylic acids is 1. The molecular weight excluding hydrogens is 609 g/mol. The third-order valence-corrected chi connectivity index (χ3v) is 9.01. The molecule has 2 aliphatic heterocycles. The van der Waals surface area contributed by atoms with Crippen LogP contribution in [-0.4, -0.2) is 53.1 Å². The standard InChI is InChI=1S/C36H41F3N4O4/c1-22-27(6-5-7-28(22)33(45)46)29-13-8-24(31-21-43(19-16-30(29)31)34(47)41-35(2,3)4)20-40-32(44)23-14-17-42(18-15-23)26-11-9-25(10-12-26)36(37,38)39/h5-13,23H,14-21H2,1-4H3,(H,40,44)(H,41,47)(H,45,46). The highest BCUT2D eigenvalue weighted by Gasteiger charge is 2.32. The molecule has 0 radical (unpaired) electrons. The second kappa shape index (κ2) is 13.3. The number of urea groups is 1. The summed E-state index contributed by atoms with van der Waals surface area (Å²) >= 11 is 0. The molecular formula is C36H41F3N4O4. The first-order valence-electron chi connectivity index (χ1n) is 15.9. The fourth-order valence-corrected chi connectivity index (χ4v) is 6.48. The molecule has 0 unspecified atom stereocenters. The van der Waals surface area contributed by atoms with Crippen molar-refractivity contribution in [2.75, 3.05) is 24.5 Å². The zero-order valence-electron chi connectivity index (χ0n) is 27.1. The number of piperidine rings is 1. The molecule has 0 aromatic heterocycles. The predicted molar refractivity (Wildman–Crippen MR) is 174 cm³/mol. The number of carbonyl (C=O) groups excluding carboxylic acids is 2. The highest BCUT2D eigenvalue weighted by Crippen LogP contribution is 2.36. The molecule has 0 spiro atoms. The van der Waals surface area contributed by atoms with Crippen LogP contribution in [-0.2, 0) is 30.5 Å². The van der Waals surface area contributed by atoms with Crippen LogP contribution in [0.25, 0.3) is 11.1 Å². The van der Waals surface area contributed by atoms with Gasteiger partial charge in [0.2, 0.25) is 5.91 Å². The van der Waals surface area contributed by atoms with E-state index < -0.39 is 23.2 Å². The van der Waals surface area contributed by atoms with E-state index in [4.69, 9.17) is 0 Å². The van der Waals surface area contributed by atoms with Crippen molar-refractivity contribution < 1.29 is 32.7 Å². The molecule has 2 aliphatic rings. The molecule has 11 heteroatoms. The van der Waals surface area contributed by atoms with E-state index in [0.717, 1.165) is 39.9 Å². The van der Waals surface area contributed by atoms with Crippen molar-refractivity contribution in [1.82, 2.24) is 15.5 Å². The fraction of sp³-hybridized carbons (Fsp3) is 0.417. The van der Waals surface area contributed by atoms with Gasteiger partial charge in [0.25, 0.3) is 0 Å². The van der Waals surface area contributed by atoms with Crippen LogP contribution in [0.15, 0.2) is 54.6 Å². The average molecular weight is 651 g/mol. The van der Waals surface area contributed by atoms with E-state index in [1.54, 1.807) is 24.0 Å². The molecule has 1 fully saturated rings. The number of anilines is 1. The normalized spacial score (nSPS) is 15.6. The van der Waals surface area contributed by atoms with Gasteiger partial charge < -0.3 is 25.5 Å². The molecule has 8 nitrogen and oxygen atoms in total. The molecule has 0 atom stereocenters. The number of carbonyl (C=O) groups is 3. The monoisotopic (exact) mass is 650 g/mol. The van der Waals surface area contributed by atoms with Crippen molar-refractivity contribution in [2.24, 2.45) is 5.92 Å². The van der Waals surface area contributed by atoms with Crippen molar-refractivity contribution >= 4 is 23.6 Å². The zero-order valence-corrected chi connectivity index (χ0v) is 27.1. The minimum Gasteiger partial charge on any atom is -0.478 e. The van der Waals surface area contributed by atoms with Crippen molar-refractivity contribution in [2.45, 2.75) is 71.8 Å². The van der Waals surface area contributed by atoms with E-state index >= 15 is 0 Å². The quantitative estimate of drug-likeness (QED) is 0.273. The second-order valence-electron chi connectivity index (χ2n) is 13.4. The van der Waals surface area contributed by atoms with Crippen molar-refractivity contribution in [3.63, 3.8) is 0 Å². The first kappa shape index (κ1) is 33.8. The Morgan fingerprint density at radius 2 is 1.57 bits per heavy atom. The van der Waals surface area contributed by atoms with Crippen molar-refractivity contribution in [3.8, 4) is 11.1 Å². The third kappa shape index (κ3) is 7.72. The summed E-state index contributed by atoms with van der Waals surface area (Å²) < 4.78 is 38.9. The summed E-state index contributed by atoms with van der Waals surface area (Å²) in [7, 11) is 0. The van der Waals surface area contributed by atoms with Gasteiger partial charge in [-0.1, -0.05) is 24.3 Å². The summed E-state index contributed by atoms with van der Waals surface area (Å²) in [5, 5.41) is 15.8. The second-order valence-corrected chi connectivity index (χ2v) is 13.4. The van der Waals surface area contributed by atoms with E-state index in [-0.39, 0.29) is 30.0 Å². The van der Waals surface area contributed by atoms with Crippen molar-refractivity contribution in [1.29, 1.82) is 0 Å². The van der Waals surface area contributed by atoms with Gasteiger partial charge in [-0.25, -0.2) is 9.59 Å². The predicted octanol–water partition coefficient (Wildman–Crippen LogP) is 6.78. The first-order chi connectivity index (χ1) is 22.1.